The third-order valence-corrected chi connectivity index (χ3v) is 11.2. The molecule has 3 fully saturated rings. The largest absolute Gasteiger partial charge is 0.499 e. The maximum atomic E-state index is 14.1. The summed E-state index contributed by atoms with van der Waals surface area (Å²) in [4.78, 5) is 53.9. The fourth-order valence-corrected chi connectivity index (χ4v) is 9.86. The van der Waals surface area contributed by atoms with Crippen LogP contribution in [0.2, 0.25) is 0 Å². The molecule has 4 aliphatic carbocycles. The predicted molar refractivity (Wildman–Crippen MR) is 132 cm³/mol. The number of esters is 3. The summed E-state index contributed by atoms with van der Waals surface area (Å²) in [6, 6.07) is 0. The Morgan fingerprint density at radius 1 is 1.08 bits per heavy atom. The van der Waals surface area contributed by atoms with Crippen LogP contribution in [0.5, 0.6) is 0 Å². The van der Waals surface area contributed by atoms with Crippen molar-refractivity contribution in [3.8, 4) is 0 Å². The van der Waals surface area contributed by atoms with E-state index < -0.39 is 45.1 Å². The van der Waals surface area contributed by atoms with Crippen LogP contribution in [0.15, 0.2) is 23.0 Å². The second-order valence-corrected chi connectivity index (χ2v) is 12.7. The van der Waals surface area contributed by atoms with E-state index in [0.29, 0.717) is 30.6 Å². The summed E-state index contributed by atoms with van der Waals surface area (Å²) in [6.45, 7) is 12.9. The Hall–Kier alpha value is -2.64. The van der Waals surface area contributed by atoms with Gasteiger partial charge in [0.15, 0.2) is 5.78 Å². The van der Waals surface area contributed by atoms with E-state index in [4.69, 9.17) is 18.9 Å². The lowest BCUT2D eigenvalue weighted by molar-refractivity contribution is -0.217. The Balaban J connectivity index is 1.81. The minimum atomic E-state index is -1.46. The molecule has 8 nitrogen and oxygen atoms in total. The van der Waals surface area contributed by atoms with Crippen molar-refractivity contribution in [1.82, 2.24) is 0 Å². The van der Waals surface area contributed by atoms with Gasteiger partial charge in [-0.1, -0.05) is 32.4 Å². The minimum Gasteiger partial charge on any atom is -0.499 e. The lowest BCUT2D eigenvalue weighted by Crippen LogP contribution is -2.71. The number of carbonyl (C=O) groups is 4. The zero-order valence-corrected chi connectivity index (χ0v) is 23.3. The number of ether oxygens (including phenoxy) is 4. The van der Waals surface area contributed by atoms with Crippen LogP contribution in [0.3, 0.4) is 0 Å². The maximum absolute atomic E-state index is 14.1. The Labute approximate surface area is 218 Å². The van der Waals surface area contributed by atoms with Gasteiger partial charge in [0, 0.05) is 35.2 Å². The first-order valence-corrected chi connectivity index (χ1v) is 13.1. The number of ketones is 1. The smallest absolute Gasteiger partial charge is 0.321 e. The van der Waals surface area contributed by atoms with Crippen molar-refractivity contribution in [2.24, 2.45) is 38.9 Å². The third-order valence-electron chi connectivity index (χ3n) is 11.2. The molecule has 0 aromatic carbocycles. The average Bonchev–Trinajstić information content (AvgIpc) is 3.17. The highest BCUT2D eigenvalue weighted by Crippen LogP contribution is 2.79. The summed E-state index contributed by atoms with van der Waals surface area (Å²) in [5.41, 5.74) is -3.98. The molecule has 2 bridgehead atoms. The van der Waals surface area contributed by atoms with Gasteiger partial charge in [0.2, 0.25) is 0 Å². The van der Waals surface area contributed by atoms with Crippen LogP contribution >= 0.6 is 0 Å². The third kappa shape index (κ3) is 2.51. The SMILES string of the molecule is COC(=O)[C@@]12C(OC)=C(C)C(=O)[C@]1(C)C(C)=C[C@H]1[C@]34CC[C@H](OC(C)=O)C(C)(C)[C@H]3[C@H](C[C@@]12C)OC4=O. The number of carbonyl (C=O) groups excluding carboxylic acids is 4. The second kappa shape index (κ2) is 7.48. The fourth-order valence-electron chi connectivity index (χ4n) is 9.86. The van der Waals surface area contributed by atoms with Crippen molar-refractivity contribution in [2.45, 2.75) is 79.9 Å². The van der Waals surface area contributed by atoms with Crippen LogP contribution in [0.1, 0.15) is 67.7 Å². The molecule has 0 aromatic rings. The van der Waals surface area contributed by atoms with Crippen molar-refractivity contribution >= 4 is 23.7 Å². The van der Waals surface area contributed by atoms with E-state index in [1.165, 1.54) is 21.1 Å². The van der Waals surface area contributed by atoms with Crippen molar-refractivity contribution in [3.05, 3.63) is 23.0 Å². The number of hydrogen-bond donors (Lipinski definition) is 0. The fraction of sp³-hybridized carbons (Fsp3) is 0.724. The molecule has 37 heavy (non-hydrogen) atoms. The van der Waals surface area contributed by atoms with Gasteiger partial charge >= 0.3 is 17.9 Å². The zero-order valence-electron chi connectivity index (χ0n) is 23.3. The first kappa shape index (κ1) is 26.0. The van der Waals surface area contributed by atoms with Crippen molar-refractivity contribution in [3.63, 3.8) is 0 Å². The predicted octanol–water partition coefficient (Wildman–Crippen LogP) is 3.92. The van der Waals surface area contributed by atoms with Gasteiger partial charge in [-0.3, -0.25) is 19.2 Å². The van der Waals surface area contributed by atoms with E-state index in [1.807, 2.05) is 34.6 Å². The summed E-state index contributed by atoms with van der Waals surface area (Å²) < 4.78 is 23.3. The molecule has 0 spiro atoms. The summed E-state index contributed by atoms with van der Waals surface area (Å²) in [7, 11) is 2.82. The molecule has 0 radical (unpaired) electrons. The molecule has 0 unspecified atom stereocenters. The summed E-state index contributed by atoms with van der Waals surface area (Å²) >= 11 is 0. The molecule has 0 aromatic heterocycles. The first-order chi connectivity index (χ1) is 17.1. The molecule has 1 saturated heterocycles. The summed E-state index contributed by atoms with van der Waals surface area (Å²) in [6.07, 6.45) is 2.47. The monoisotopic (exact) mass is 514 g/mol. The minimum absolute atomic E-state index is 0.165. The highest BCUT2D eigenvalue weighted by molar-refractivity contribution is 6.11. The van der Waals surface area contributed by atoms with E-state index in [9.17, 15) is 19.2 Å². The first-order valence-electron chi connectivity index (χ1n) is 13.1. The van der Waals surface area contributed by atoms with Crippen LogP contribution in [0.25, 0.3) is 0 Å². The molecule has 2 saturated carbocycles. The molecular formula is C29H38O8. The van der Waals surface area contributed by atoms with Crippen molar-refractivity contribution in [1.29, 1.82) is 0 Å². The summed E-state index contributed by atoms with van der Waals surface area (Å²) in [5, 5.41) is 0. The number of rotatable bonds is 3. The van der Waals surface area contributed by atoms with Crippen LogP contribution in [-0.2, 0) is 38.1 Å². The number of Topliss-reactive ketones (excluding diaryl/α,β-unsaturated/α-hetero) is 1. The Bertz CT molecular complexity index is 1190. The average molecular weight is 515 g/mol. The molecule has 8 atom stereocenters. The molecule has 1 heterocycles. The van der Waals surface area contributed by atoms with Gasteiger partial charge in [-0.2, -0.15) is 0 Å². The maximum Gasteiger partial charge on any atom is 0.321 e. The Morgan fingerprint density at radius 2 is 1.73 bits per heavy atom. The van der Waals surface area contributed by atoms with E-state index in [-0.39, 0.29) is 29.7 Å². The number of hydrogen-bond acceptors (Lipinski definition) is 8. The van der Waals surface area contributed by atoms with Crippen LogP contribution < -0.4 is 0 Å². The molecule has 202 valence electrons. The van der Waals surface area contributed by atoms with Gasteiger partial charge in [0.25, 0.3) is 0 Å². The van der Waals surface area contributed by atoms with Gasteiger partial charge in [-0.05, 0) is 40.0 Å². The van der Waals surface area contributed by atoms with Gasteiger partial charge < -0.3 is 18.9 Å². The number of allylic oxidation sites excluding steroid dienone is 3. The summed E-state index contributed by atoms with van der Waals surface area (Å²) in [5.74, 6) is -1.67. The standard InChI is InChI=1S/C29H38O8/c1-14-12-18-26(6,29(24(33)35-9)22(34-8)15(2)21(31)27(14,29)7)13-17-20-25(4,5)19(36-16(3)30)10-11-28(18,20)23(32)37-17/h12,17-20H,10-11,13H2,1-9H3/t17-,18+,19-,20+,26-,27-,28+,29+/m0/s1. The lowest BCUT2D eigenvalue weighted by atomic mass is 9.33. The lowest BCUT2D eigenvalue weighted by Gasteiger charge is -2.66. The van der Waals surface area contributed by atoms with Crippen LogP contribution in [0.4, 0.5) is 0 Å². The Morgan fingerprint density at radius 3 is 2.30 bits per heavy atom. The van der Waals surface area contributed by atoms with Crippen LogP contribution in [0, 0.1) is 38.9 Å². The highest BCUT2D eigenvalue weighted by Gasteiger charge is 2.84. The van der Waals surface area contributed by atoms with E-state index in [2.05, 4.69) is 6.08 Å². The molecular weight excluding hydrogens is 476 g/mol. The van der Waals surface area contributed by atoms with Gasteiger partial charge in [-0.15, -0.1) is 0 Å². The number of fused-ring (bicyclic) bond motifs is 3. The van der Waals surface area contributed by atoms with Crippen molar-refractivity contribution < 1.29 is 38.1 Å². The topological polar surface area (TPSA) is 105 Å². The van der Waals surface area contributed by atoms with E-state index in [0.717, 1.165) is 5.57 Å². The number of methoxy groups -OCH3 is 2. The van der Waals surface area contributed by atoms with Gasteiger partial charge in [0.05, 0.1) is 25.0 Å². The van der Waals surface area contributed by atoms with Crippen LogP contribution in [-0.4, -0.2) is 50.1 Å². The molecule has 0 amide bonds. The van der Waals surface area contributed by atoms with Gasteiger partial charge in [0.1, 0.15) is 23.4 Å². The quantitative estimate of drug-likeness (QED) is 0.317. The zero-order chi connectivity index (χ0) is 27.5. The molecule has 5 aliphatic rings. The molecule has 5 rings (SSSR count). The Kier molecular flexibility index (Phi) is 5.25. The van der Waals surface area contributed by atoms with E-state index >= 15 is 0 Å². The molecule has 0 N–H and O–H groups in total. The van der Waals surface area contributed by atoms with E-state index in [1.54, 1.807) is 6.92 Å². The second-order valence-electron chi connectivity index (χ2n) is 12.7. The highest BCUT2D eigenvalue weighted by atomic mass is 16.6. The molecule has 1 aliphatic heterocycles. The van der Waals surface area contributed by atoms with Crippen molar-refractivity contribution in [2.75, 3.05) is 14.2 Å². The van der Waals surface area contributed by atoms with Gasteiger partial charge in [-0.25, -0.2) is 0 Å². The normalized spacial score (nSPS) is 45.3. The molecule has 8 heteroatoms.